The van der Waals surface area contributed by atoms with Crippen LogP contribution in [-0.4, -0.2) is 59.0 Å². The number of pyridine rings is 2. The van der Waals surface area contributed by atoms with Gasteiger partial charge in [0, 0.05) is 68.5 Å². The molecule has 1 aliphatic rings. The van der Waals surface area contributed by atoms with Crippen LogP contribution >= 0.6 is 0 Å². The van der Waals surface area contributed by atoms with E-state index in [9.17, 15) is 9.59 Å². The van der Waals surface area contributed by atoms with Crippen molar-refractivity contribution in [2.75, 3.05) is 31.1 Å². The SMILES string of the molecule is CCN(c1cc(-c2ccncc2)c[nH]c1=O)C1CCN(C(=O)C=CCNC(C)C)C1. The van der Waals surface area contributed by atoms with Crippen LogP contribution in [0, 0.1) is 0 Å². The Morgan fingerprint density at radius 3 is 2.83 bits per heavy atom. The Hall–Kier alpha value is -2.93. The van der Waals surface area contributed by atoms with Gasteiger partial charge in [-0.1, -0.05) is 19.9 Å². The maximum absolute atomic E-state index is 12.6. The molecule has 1 saturated heterocycles. The first kappa shape index (κ1) is 21.8. The largest absolute Gasteiger partial charge is 0.363 e. The number of amides is 1. The number of hydrogen-bond donors (Lipinski definition) is 2. The molecular formula is C23H31N5O2. The smallest absolute Gasteiger partial charge is 0.271 e. The second-order valence-corrected chi connectivity index (χ2v) is 7.82. The van der Waals surface area contributed by atoms with Crippen molar-refractivity contribution in [1.29, 1.82) is 0 Å². The molecule has 1 unspecified atom stereocenters. The van der Waals surface area contributed by atoms with E-state index in [0.29, 0.717) is 37.9 Å². The highest BCUT2D eigenvalue weighted by molar-refractivity contribution is 5.88. The van der Waals surface area contributed by atoms with E-state index in [1.807, 2.05) is 36.1 Å². The molecular weight excluding hydrogens is 378 g/mol. The molecule has 7 nitrogen and oxygen atoms in total. The number of nitrogens with one attached hydrogen (secondary N) is 2. The quantitative estimate of drug-likeness (QED) is 0.655. The fourth-order valence-corrected chi connectivity index (χ4v) is 3.79. The number of rotatable bonds is 8. The van der Waals surface area contributed by atoms with Gasteiger partial charge in [-0.15, -0.1) is 0 Å². The average Bonchev–Trinajstić information content (AvgIpc) is 3.23. The number of nitrogens with zero attached hydrogens (tertiary/aromatic N) is 3. The topological polar surface area (TPSA) is 81.3 Å². The first-order valence-electron chi connectivity index (χ1n) is 10.6. The van der Waals surface area contributed by atoms with Gasteiger partial charge in [-0.3, -0.25) is 14.6 Å². The molecule has 3 heterocycles. The van der Waals surface area contributed by atoms with Crippen LogP contribution in [0.15, 0.2) is 53.7 Å². The van der Waals surface area contributed by atoms with Crippen LogP contribution < -0.4 is 15.8 Å². The summed E-state index contributed by atoms with van der Waals surface area (Å²) in [5, 5.41) is 3.27. The lowest BCUT2D eigenvalue weighted by molar-refractivity contribution is -0.125. The Bertz CT molecular complexity index is 923. The molecule has 0 aromatic carbocycles. The summed E-state index contributed by atoms with van der Waals surface area (Å²) in [6.45, 7) is 8.89. The molecule has 1 atom stereocenters. The minimum absolute atomic E-state index is 0.0264. The van der Waals surface area contributed by atoms with Gasteiger partial charge in [0.15, 0.2) is 0 Å². The van der Waals surface area contributed by atoms with E-state index in [-0.39, 0.29) is 17.5 Å². The zero-order chi connectivity index (χ0) is 21.5. The van der Waals surface area contributed by atoms with Gasteiger partial charge in [0.05, 0.1) is 0 Å². The summed E-state index contributed by atoms with van der Waals surface area (Å²) in [6, 6.07) is 6.28. The third kappa shape index (κ3) is 5.36. The fourth-order valence-electron chi connectivity index (χ4n) is 3.79. The van der Waals surface area contributed by atoms with Crippen molar-refractivity contribution in [3.63, 3.8) is 0 Å². The highest BCUT2D eigenvalue weighted by Crippen LogP contribution is 2.25. The molecule has 1 aliphatic heterocycles. The molecule has 160 valence electrons. The summed E-state index contributed by atoms with van der Waals surface area (Å²) in [6.07, 6.45) is 9.57. The zero-order valence-electron chi connectivity index (χ0n) is 18.0. The number of aromatic nitrogens is 2. The standard InChI is InChI=1S/C23H31N5O2/c1-4-28(20-9-13-27(16-20)22(29)6-5-10-25-17(2)3)21-14-19(15-26-23(21)30)18-7-11-24-12-8-18/h5-8,11-12,14-15,17,20,25H,4,9-10,13,16H2,1-3H3,(H,26,30). The molecule has 1 fully saturated rings. The minimum atomic E-state index is -0.112. The zero-order valence-corrected chi connectivity index (χ0v) is 18.0. The number of hydrogen-bond acceptors (Lipinski definition) is 5. The van der Waals surface area contributed by atoms with E-state index in [0.717, 1.165) is 17.5 Å². The van der Waals surface area contributed by atoms with Crippen LogP contribution in [0.25, 0.3) is 11.1 Å². The van der Waals surface area contributed by atoms with Gasteiger partial charge in [0.25, 0.3) is 5.56 Å². The van der Waals surface area contributed by atoms with Gasteiger partial charge < -0.3 is 20.1 Å². The molecule has 2 N–H and O–H groups in total. The summed E-state index contributed by atoms with van der Waals surface area (Å²) in [7, 11) is 0. The lowest BCUT2D eigenvalue weighted by Crippen LogP contribution is -2.41. The van der Waals surface area contributed by atoms with Gasteiger partial charge in [0.2, 0.25) is 5.91 Å². The Labute approximate surface area is 177 Å². The van der Waals surface area contributed by atoms with Crippen LogP contribution in [0.4, 0.5) is 5.69 Å². The van der Waals surface area contributed by atoms with Crippen molar-refractivity contribution < 1.29 is 4.79 Å². The average molecular weight is 410 g/mol. The first-order valence-corrected chi connectivity index (χ1v) is 10.6. The molecule has 0 bridgehead atoms. The van der Waals surface area contributed by atoms with Crippen LogP contribution in [0.2, 0.25) is 0 Å². The molecule has 3 rings (SSSR count). The minimum Gasteiger partial charge on any atom is -0.363 e. The Morgan fingerprint density at radius 2 is 2.13 bits per heavy atom. The monoisotopic (exact) mass is 409 g/mol. The summed E-state index contributed by atoms with van der Waals surface area (Å²) >= 11 is 0. The third-order valence-corrected chi connectivity index (χ3v) is 5.37. The predicted octanol–water partition coefficient (Wildman–Crippen LogP) is 2.42. The van der Waals surface area contributed by atoms with Crippen molar-refractivity contribution >= 4 is 11.6 Å². The molecule has 0 aliphatic carbocycles. The van der Waals surface area contributed by atoms with Gasteiger partial charge >= 0.3 is 0 Å². The van der Waals surface area contributed by atoms with E-state index < -0.39 is 0 Å². The number of aromatic amines is 1. The Morgan fingerprint density at radius 1 is 1.37 bits per heavy atom. The molecule has 1 amide bonds. The van der Waals surface area contributed by atoms with Crippen LogP contribution in [0.5, 0.6) is 0 Å². The molecule has 0 spiro atoms. The summed E-state index contributed by atoms with van der Waals surface area (Å²) in [4.78, 5) is 36.0. The van der Waals surface area contributed by atoms with E-state index in [4.69, 9.17) is 0 Å². The van der Waals surface area contributed by atoms with Crippen molar-refractivity contribution in [2.45, 2.75) is 39.3 Å². The molecule has 30 heavy (non-hydrogen) atoms. The van der Waals surface area contributed by atoms with Gasteiger partial charge in [-0.2, -0.15) is 0 Å². The van der Waals surface area contributed by atoms with Crippen molar-refractivity contribution in [1.82, 2.24) is 20.2 Å². The van der Waals surface area contributed by atoms with Crippen LogP contribution in [0.1, 0.15) is 27.2 Å². The summed E-state index contributed by atoms with van der Waals surface area (Å²) in [5.41, 5.74) is 2.47. The predicted molar refractivity (Wildman–Crippen MR) is 121 cm³/mol. The van der Waals surface area contributed by atoms with E-state index in [1.54, 1.807) is 24.7 Å². The van der Waals surface area contributed by atoms with E-state index in [1.165, 1.54) is 0 Å². The second kappa shape index (κ2) is 10.2. The number of H-pyrrole nitrogens is 1. The molecule has 2 aromatic rings. The van der Waals surface area contributed by atoms with E-state index >= 15 is 0 Å². The van der Waals surface area contributed by atoms with E-state index in [2.05, 4.69) is 34.0 Å². The maximum Gasteiger partial charge on any atom is 0.271 e. The first-order chi connectivity index (χ1) is 14.5. The third-order valence-electron chi connectivity index (χ3n) is 5.37. The molecule has 0 saturated carbocycles. The maximum atomic E-state index is 12.6. The van der Waals surface area contributed by atoms with Crippen molar-refractivity contribution in [2.24, 2.45) is 0 Å². The summed E-state index contributed by atoms with van der Waals surface area (Å²) in [5.74, 6) is 0.0264. The molecule has 2 aromatic heterocycles. The number of carbonyl (C=O) groups excluding carboxylic acids is 1. The number of anilines is 1. The Balaban J connectivity index is 1.71. The lowest BCUT2D eigenvalue weighted by Gasteiger charge is -2.29. The van der Waals surface area contributed by atoms with Gasteiger partial charge in [0.1, 0.15) is 5.69 Å². The molecule has 7 heteroatoms. The van der Waals surface area contributed by atoms with Crippen molar-refractivity contribution in [3.05, 3.63) is 59.3 Å². The summed E-state index contributed by atoms with van der Waals surface area (Å²) < 4.78 is 0. The Kier molecular flexibility index (Phi) is 7.41. The lowest BCUT2D eigenvalue weighted by atomic mass is 10.1. The normalized spacial score (nSPS) is 16.5. The number of carbonyl (C=O) groups is 1. The van der Waals surface area contributed by atoms with Crippen LogP contribution in [0.3, 0.4) is 0 Å². The highest BCUT2D eigenvalue weighted by Gasteiger charge is 2.30. The highest BCUT2D eigenvalue weighted by atomic mass is 16.2. The van der Waals surface area contributed by atoms with Gasteiger partial charge in [-0.05, 0) is 37.1 Å². The van der Waals surface area contributed by atoms with Gasteiger partial charge in [-0.25, -0.2) is 0 Å². The van der Waals surface area contributed by atoms with Crippen LogP contribution in [-0.2, 0) is 4.79 Å². The number of likely N-dealkylation sites (tertiary alicyclic amines) is 1. The molecule has 0 radical (unpaired) electrons. The number of likely N-dealkylation sites (N-methyl/N-ethyl adjacent to an activating group) is 1. The fraction of sp³-hybridized carbons (Fsp3) is 0.435. The second-order valence-electron chi connectivity index (χ2n) is 7.82. The van der Waals surface area contributed by atoms with Crippen molar-refractivity contribution in [3.8, 4) is 11.1 Å².